The van der Waals surface area contributed by atoms with Gasteiger partial charge in [-0.25, -0.2) is 0 Å². The van der Waals surface area contributed by atoms with Crippen molar-refractivity contribution in [3.8, 4) is 17.5 Å². The molecule has 1 fully saturated rings. The fourth-order valence-corrected chi connectivity index (χ4v) is 5.86. The molecule has 1 saturated carbocycles. The molecule has 1 aliphatic rings. The Labute approximate surface area is 149 Å². The third kappa shape index (κ3) is 3.77. The Hall–Kier alpha value is -1.72. The van der Waals surface area contributed by atoms with Crippen molar-refractivity contribution in [2.75, 3.05) is 0 Å². The average Bonchev–Trinajstić information content (AvgIpc) is 2.56. The highest BCUT2D eigenvalue weighted by Crippen LogP contribution is 2.45. The average molecular weight is 363 g/mol. The van der Waals surface area contributed by atoms with E-state index < -0.39 is 25.2 Å². The molecule has 25 heavy (non-hydrogen) atoms. The first-order chi connectivity index (χ1) is 11.8. The van der Waals surface area contributed by atoms with Crippen LogP contribution < -0.4 is 0 Å². The maximum atomic E-state index is 13.1. The first-order valence-corrected chi connectivity index (χ1v) is 11.5. The Balaban J connectivity index is 2.59. The molecule has 0 aromatic heterocycles. The third-order valence-corrected chi connectivity index (χ3v) is 10.5. The van der Waals surface area contributed by atoms with E-state index in [4.69, 9.17) is 0 Å². The molecule has 1 nitrogen and oxygen atoms in total. The van der Waals surface area contributed by atoms with Crippen LogP contribution in [0.4, 0.5) is 13.2 Å². The molecule has 0 amide bonds. The van der Waals surface area contributed by atoms with Crippen molar-refractivity contribution >= 4 is 8.07 Å². The first-order valence-electron chi connectivity index (χ1n) is 8.92. The maximum absolute atomic E-state index is 13.1. The van der Waals surface area contributed by atoms with Gasteiger partial charge >= 0.3 is 6.18 Å². The van der Waals surface area contributed by atoms with Crippen LogP contribution in [0.2, 0.25) is 18.1 Å². The summed E-state index contributed by atoms with van der Waals surface area (Å²) in [7, 11) is -1.77. The van der Waals surface area contributed by atoms with Gasteiger partial charge in [-0.15, -0.1) is 5.54 Å². The zero-order chi connectivity index (χ0) is 18.7. The number of hydrogen-bond acceptors (Lipinski definition) is 1. The van der Waals surface area contributed by atoms with Gasteiger partial charge in [-0.2, -0.15) is 18.4 Å². The van der Waals surface area contributed by atoms with Gasteiger partial charge in [0.1, 0.15) is 8.07 Å². The van der Waals surface area contributed by atoms with Crippen molar-refractivity contribution in [1.82, 2.24) is 0 Å². The molecule has 0 heterocycles. The molecule has 0 atom stereocenters. The van der Waals surface area contributed by atoms with Crippen LogP contribution in [-0.2, 0) is 11.6 Å². The molecule has 1 aromatic rings. The van der Waals surface area contributed by atoms with Crippen molar-refractivity contribution in [2.24, 2.45) is 0 Å². The quantitative estimate of drug-likeness (QED) is 0.472. The fourth-order valence-electron chi connectivity index (χ4n) is 3.43. The Morgan fingerprint density at radius 3 is 2.12 bits per heavy atom. The van der Waals surface area contributed by atoms with Gasteiger partial charge in [-0.1, -0.05) is 32.8 Å². The standard InChI is InChI=1S/C20H24F3NSi/c1-4-25(5-2,6-3)13-10-16-14-17(20(21,22)23)8-9-18(16)19(15-24)11-7-12-19/h8-9,14H,4-7,11-12H2,1-3H3. The number of alkyl halides is 3. The molecule has 2 rings (SSSR count). The minimum Gasteiger partial charge on any atom is -0.197 e. The van der Waals surface area contributed by atoms with Gasteiger partial charge in [-0.05, 0) is 55.1 Å². The number of hydrogen-bond donors (Lipinski definition) is 0. The molecule has 1 aliphatic carbocycles. The van der Waals surface area contributed by atoms with Gasteiger partial charge in [0.05, 0.1) is 17.0 Å². The minimum atomic E-state index is -4.40. The second kappa shape index (κ2) is 7.26. The molecule has 0 spiro atoms. The van der Waals surface area contributed by atoms with E-state index in [9.17, 15) is 18.4 Å². The Morgan fingerprint density at radius 2 is 1.72 bits per heavy atom. The predicted octanol–water partition coefficient (Wildman–Crippen LogP) is 6.05. The van der Waals surface area contributed by atoms with Crippen LogP contribution >= 0.6 is 0 Å². The predicted molar refractivity (Wildman–Crippen MR) is 96.7 cm³/mol. The lowest BCUT2D eigenvalue weighted by atomic mass is 9.64. The summed E-state index contributed by atoms with van der Waals surface area (Å²) in [5.41, 5.74) is 3.09. The lowest BCUT2D eigenvalue weighted by Crippen LogP contribution is -2.33. The second-order valence-corrected chi connectivity index (χ2v) is 11.8. The summed E-state index contributed by atoms with van der Waals surface area (Å²) in [6.45, 7) is 6.34. The lowest BCUT2D eigenvalue weighted by Gasteiger charge is -2.36. The summed E-state index contributed by atoms with van der Waals surface area (Å²) in [5.74, 6) is 3.09. The van der Waals surface area contributed by atoms with Crippen molar-refractivity contribution in [3.63, 3.8) is 0 Å². The molecular weight excluding hydrogens is 339 g/mol. The molecule has 0 aliphatic heterocycles. The molecule has 134 valence electrons. The van der Waals surface area contributed by atoms with Gasteiger partial charge in [0.15, 0.2) is 0 Å². The molecule has 5 heteroatoms. The molecule has 0 N–H and O–H groups in total. The van der Waals surface area contributed by atoms with Gasteiger partial charge < -0.3 is 0 Å². The van der Waals surface area contributed by atoms with Crippen molar-refractivity contribution < 1.29 is 13.2 Å². The summed E-state index contributed by atoms with van der Waals surface area (Å²) in [5, 5.41) is 9.60. The van der Waals surface area contributed by atoms with Crippen LogP contribution in [0, 0.1) is 22.8 Å². The highest BCUT2D eigenvalue weighted by Gasteiger charge is 2.41. The Morgan fingerprint density at radius 1 is 1.12 bits per heavy atom. The largest absolute Gasteiger partial charge is 0.416 e. The summed E-state index contributed by atoms with van der Waals surface area (Å²) < 4.78 is 39.4. The van der Waals surface area contributed by atoms with E-state index in [1.165, 1.54) is 6.07 Å². The number of rotatable bonds is 4. The SMILES string of the molecule is CC[Si](C#Cc1cc(C(F)(F)F)ccc1C1(C#N)CCC1)(CC)CC. The molecule has 0 saturated heterocycles. The Bertz CT molecular complexity index is 718. The van der Waals surface area contributed by atoms with Gasteiger partial charge in [0.2, 0.25) is 0 Å². The number of halogens is 3. The zero-order valence-corrected chi connectivity index (χ0v) is 16.1. The second-order valence-electron chi connectivity index (χ2n) is 6.90. The van der Waals surface area contributed by atoms with Crippen molar-refractivity contribution in [1.29, 1.82) is 5.26 Å². The van der Waals surface area contributed by atoms with Gasteiger partial charge in [-0.3, -0.25) is 0 Å². The lowest BCUT2D eigenvalue weighted by molar-refractivity contribution is -0.137. The summed E-state index contributed by atoms with van der Waals surface area (Å²) >= 11 is 0. The number of nitriles is 1. The molecule has 0 unspecified atom stereocenters. The van der Waals surface area contributed by atoms with Crippen LogP contribution in [0.5, 0.6) is 0 Å². The highest BCUT2D eigenvalue weighted by molar-refractivity contribution is 6.87. The van der Waals surface area contributed by atoms with E-state index in [1.807, 2.05) is 0 Å². The van der Waals surface area contributed by atoms with Crippen LogP contribution in [0.25, 0.3) is 0 Å². The van der Waals surface area contributed by atoms with E-state index in [0.717, 1.165) is 36.7 Å². The topological polar surface area (TPSA) is 23.8 Å². The van der Waals surface area contributed by atoms with E-state index in [2.05, 4.69) is 38.3 Å². The molecule has 1 aromatic carbocycles. The van der Waals surface area contributed by atoms with Crippen molar-refractivity contribution in [3.05, 3.63) is 34.9 Å². The first kappa shape index (κ1) is 19.6. The van der Waals surface area contributed by atoms with E-state index in [1.54, 1.807) is 0 Å². The maximum Gasteiger partial charge on any atom is 0.416 e. The minimum absolute atomic E-state index is 0.392. The smallest absolute Gasteiger partial charge is 0.197 e. The van der Waals surface area contributed by atoms with E-state index in [-0.39, 0.29) is 0 Å². The monoisotopic (exact) mass is 363 g/mol. The Kier molecular flexibility index (Phi) is 5.69. The third-order valence-electron chi connectivity index (χ3n) is 5.78. The highest BCUT2D eigenvalue weighted by atomic mass is 28.3. The summed E-state index contributed by atoms with van der Waals surface area (Å²) in [6.07, 6.45) is -2.08. The van der Waals surface area contributed by atoms with Crippen LogP contribution in [0.15, 0.2) is 18.2 Å². The van der Waals surface area contributed by atoms with Crippen LogP contribution in [-0.4, -0.2) is 8.07 Å². The van der Waals surface area contributed by atoms with Gasteiger partial charge in [0, 0.05) is 5.56 Å². The van der Waals surface area contributed by atoms with Crippen LogP contribution in [0.3, 0.4) is 0 Å². The van der Waals surface area contributed by atoms with Crippen LogP contribution in [0.1, 0.15) is 56.7 Å². The molecule has 0 radical (unpaired) electrons. The van der Waals surface area contributed by atoms with Crippen molar-refractivity contribution in [2.45, 2.75) is 69.8 Å². The van der Waals surface area contributed by atoms with E-state index in [0.29, 0.717) is 24.0 Å². The molecular formula is C20H24F3NSi. The summed E-state index contributed by atoms with van der Waals surface area (Å²) in [4.78, 5) is 0. The molecule has 0 bridgehead atoms. The normalized spacial score (nSPS) is 16.4. The summed E-state index contributed by atoms with van der Waals surface area (Å²) in [6, 6.07) is 9.00. The van der Waals surface area contributed by atoms with Gasteiger partial charge in [0.25, 0.3) is 0 Å². The number of benzene rings is 1. The zero-order valence-electron chi connectivity index (χ0n) is 15.1. The van der Waals surface area contributed by atoms with E-state index >= 15 is 0 Å². The number of nitrogens with zero attached hydrogens (tertiary/aromatic N) is 1. The fraction of sp³-hybridized carbons (Fsp3) is 0.550.